The van der Waals surface area contributed by atoms with Crippen molar-refractivity contribution in [3.63, 3.8) is 0 Å². The van der Waals surface area contributed by atoms with Crippen molar-refractivity contribution >= 4 is 0 Å². The average molecular weight is 200 g/mol. The van der Waals surface area contributed by atoms with Crippen molar-refractivity contribution in [1.29, 1.82) is 0 Å². The van der Waals surface area contributed by atoms with E-state index in [4.69, 9.17) is 0 Å². The molecule has 0 heterocycles. The van der Waals surface area contributed by atoms with Crippen molar-refractivity contribution in [3.05, 3.63) is 24.3 Å². The molecule has 0 rings (SSSR count). The van der Waals surface area contributed by atoms with Crippen LogP contribution in [0.2, 0.25) is 0 Å². The molecule has 0 unspecified atom stereocenters. The van der Waals surface area contributed by atoms with E-state index >= 15 is 0 Å². The second-order valence-electron chi connectivity index (χ2n) is 2.22. The lowest BCUT2D eigenvalue weighted by Gasteiger charge is -1.88. The highest BCUT2D eigenvalue weighted by atomic mass is 13.8. The van der Waals surface area contributed by atoms with E-state index < -0.39 is 0 Å². The molecule has 0 fully saturated rings. The number of rotatable bonds is 2. The van der Waals surface area contributed by atoms with Crippen LogP contribution in [0.15, 0.2) is 24.3 Å². The minimum absolute atomic E-state index is 1.18. The van der Waals surface area contributed by atoms with E-state index in [1.54, 1.807) is 6.08 Å². The fourth-order valence-electron chi connectivity index (χ4n) is 0.493. The molecule has 0 N–H and O–H groups in total. The van der Waals surface area contributed by atoms with Crippen molar-refractivity contribution in [2.75, 3.05) is 0 Å². The lowest BCUT2D eigenvalue weighted by Crippen LogP contribution is -1.67. The summed E-state index contributed by atoms with van der Waals surface area (Å²) in [6.07, 6.45) is 6.40. The number of hydrogen-bond acceptors (Lipinski definition) is 0. The predicted molar refractivity (Wildman–Crippen MR) is 72.9 cm³/mol. The van der Waals surface area contributed by atoms with Gasteiger partial charge in [0.25, 0.3) is 0 Å². The Morgan fingerprint density at radius 3 is 1.43 bits per heavy atom. The SMILES string of the molecule is C=CC.CC.CC.CC/C=C(/C)CC. The Labute approximate surface area is 93.1 Å². The first-order valence-corrected chi connectivity index (χ1v) is 5.95. The Morgan fingerprint density at radius 1 is 1.07 bits per heavy atom. The zero-order chi connectivity index (χ0) is 12.4. The first-order chi connectivity index (χ1) is 6.72. The quantitative estimate of drug-likeness (QED) is 0.480. The lowest BCUT2D eigenvalue weighted by molar-refractivity contribution is 1.06. The first-order valence-electron chi connectivity index (χ1n) is 5.95. The molecule has 0 nitrogen and oxygen atoms in total. The van der Waals surface area contributed by atoms with E-state index in [0.29, 0.717) is 0 Å². The highest BCUT2D eigenvalue weighted by molar-refractivity contribution is 4.95. The van der Waals surface area contributed by atoms with Gasteiger partial charge in [0.1, 0.15) is 0 Å². The minimum atomic E-state index is 1.18. The van der Waals surface area contributed by atoms with Crippen molar-refractivity contribution in [2.45, 2.75) is 68.2 Å². The van der Waals surface area contributed by atoms with Gasteiger partial charge in [0.15, 0.2) is 0 Å². The zero-order valence-corrected chi connectivity index (χ0v) is 11.8. The molecule has 0 bridgehead atoms. The van der Waals surface area contributed by atoms with Crippen molar-refractivity contribution in [1.82, 2.24) is 0 Å². The topological polar surface area (TPSA) is 0 Å². The van der Waals surface area contributed by atoms with Gasteiger partial charge < -0.3 is 0 Å². The molecule has 0 aliphatic heterocycles. The third-order valence-corrected chi connectivity index (χ3v) is 1.11. The van der Waals surface area contributed by atoms with Crippen LogP contribution in [0.1, 0.15) is 68.2 Å². The molecular weight excluding hydrogens is 168 g/mol. The molecule has 0 aromatic heterocycles. The third kappa shape index (κ3) is 62.8. The van der Waals surface area contributed by atoms with Crippen LogP contribution in [-0.2, 0) is 0 Å². The van der Waals surface area contributed by atoms with Crippen molar-refractivity contribution in [2.24, 2.45) is 0 Å². The highest BCUT2D eigenvalue weighted by Crippen LogP contribution is 1.97. The van der Waals surface area contributed by atoms with E-state index in [1.165, 1.54) is 18.4 Å². The van der Waals surface area contributed by atoms with E-state index in [1.807, 2.05) is 34.6 Å². The van der Waals surface area contributed by atoms with Crippen LogP contribution in [0.5, 0.6) is 0 Å². The number of hydrogen-bond donors (Lipinski definition) is 0. The van der Waals surface area contributed by atoms with E-state index in [9.17, 15) is 0 Å². The van der Waals surface area contributed by atoms with Gasteiger partial charge in [-0.15, -0.1) is 6.58 Å². The molecule has 0 atom stereocenters. The monoisotopic (exact) mass is 200 g/mol. The largest absolute Gasteiger partial charge is 0.103 e. The van der Waals surface area contributed by atoms with Gasteiger partial charge in [0.05, 0.1) is 0 Å². The van der Waals surface area contributed by atoms with Crippen LogP contribution >= 0.6 is 0 Å². The lowest BCUT2D eigenvalue weighted by atomic mass is 10.2. The van der Waals surface area contributed by atoms with Gasteiger partial charge in [0, 0.05) is 0 Å². The maximum atomic E-state index is 3.36. The summed E-state index contributed by atoms with van der Waals surface area (Å²) in [4.78, 5) is 0. The first kappa shape index (κ1) is 23.4. The molecule has 0 heteroatoms. The summed E-state index contributed by atoms with van der Waals surface area (Å²) in [5, 5.41) is 0. The van der Waals surface area contributed by atoms with Crippen LogP contribution < -0.4 is 0 Å². The second-order valence-corrected chi connectivity index (χ2v) is 2.22. The van der Waals surface area contributed by atoms with Gasteiger partial charge in [-0.3, -0.25) is 0 Å². The van der Waals surface area contributed by atoms with Gasteiger partial charge in [0.2, 0.25) is 0 Å². The van der Waals surface area contributed by atoms with Crippen LogP contribution in [0.3, 0.4) is 0 Å². The van der Waals surface area contributed by atoms with Crippen molar-refractivity contribution in [3.8, 4) is 0 Å². The molecular formula is C14H32. The molecule has 0 aromatic carbocycles. The standard InChI is InChI=1S/C7H14.C3H6.2C2H6/c1-4-6-7(3)5-2;1-3-2;2*1-2/h6H,4-5H2,1-3H3;3H,1H2,2H3;2*1-2H3/b7-6-;;;. The third-order valence-electron chi connectivity index (χ3n) is 1.11. The van der Waals surface area contributed by atoms with Gasteiger partial charge >= 0.3 is 0 Å². The molecule has 0 saturated carbocycles. The molecule has 0 aliphatic carbocycles. The summed E-state index contributed by atoms with van der Waals surface area (Å²) >= 11 is 0. The van der Waals surface area contributed by atoms with Crippen LogP contribution in [0, 0.1) is 0 Å². The summed E-state index contributed by atoms with van der Waals surface area (Å²) in [5.41, 5.74) is 1.50. The molecule has 0 aliphatic rings. The summed E-state index contributed by atoms with van der Waals surface area (Å²) in [6, 6.07) is 0. The summed E-state index contributed by atoms with van der Waals surface area (Å²) in [6.45, 7) is 19.8. The molecule has 0 spiro atoms. The van der Waals surface area contributed by atoms with Crippen molar-refractivity contribution < 1.29 is 0 Å². The van der Waals surface area contributed by atoms with Gasteiger partial charge in [-0.1, -0.05) is 59.3 Å². The number of allylic oxidation sites excluding steroid dienone is 3. The van der Waals surface area contributed by atoms with E-state index in [-0.39, 0.29) is 0 Å². The van der Waals surface area contributed by atoms with E-state index in [0.717, 1.165) is 0 Å². The summed E-state index contributed by atoms with van der Waals surface area (Å²) < 4.78 is 0. The van der Waals surface area contributed by atoms with Crippen LogP contribution in [0.4, 0.5) is 0 Å². The Balaban J connectivity index is -0.0000000603. The maximum Gasteiger partial charge on any atom is -0.0352 e. The second kappa shape index (κ2) is 39.2. The Kier molecular flexibility index (Phi) is 65.4. The molecule has 0 aromatic rings. The minimum Gasteiger partial charge on any atom is -0.103 e. The molecule has 0 amide bonds. The summed E-state index contributed by atoms with van der Waals surface area (Å²) in [7, 11) is 0. The van der Waals surface area contributed by atoms with Gasteiger partial charge in [-0.2, -0.15) is 0 Å². The van der Waals surface area contributed by atoms with E-state index in [2.05, 4.69) is 33.4 Å². The molecule has 14 heavy (non-hydrogen) atoms. The fourth-order valence-corrected chi connectivity index (χ4v) is 0.493. The maximum absolute atomic E-state index is 3.36. The molecule has 0 saturated heterocycles. The Bertz CT molecular complexity index is 88.2. The Hall–Kier alpha value is -0.520. The van der Waals surface area contributed by atoms with Crippen LogP contribution in [-0.4, -0.2) is 0 Å². The summed E-state index contributed by atoms with van der Waals surface area (Å²) in [5.74, 6) is 0. The Morgan fingerprint density at radius 2 is 1.36 bits per heavy atom. The highest BCUT2D eigenvalue weighted by Gasteiger charge is 1.76. The molecule has 88 valence electrons. The van der Waals surface area contributed by atoms with Gasteiger partial charge in [-0.25, -0.2) is 0 Å². The predicted octanol–water partition coefficient (Wildman–Crippen LogP) is 6.00. The average Bonchev–Trinajstić information content (AvgIpc) is 2.25. The molecule has 0 radical (unpaired) electrons. The smallest absolute Gasteiger partial charge is 0.0352 e. The van der Waals surface area contributed by atoms with Crippen LogP contribution in [0.25, 0.3) is 0 Å². The normalized spacial score (nSPS) is 7.86. The van der Waals surface area contributed by atoms with Gasteiger partial charge in [-0.05, 0) is 26.7 Å². The zero-order valence-electron chi connectivity index (χ0n) is 11.8. The fraction of sp³-hybridized carbons (Fsp3) is 0.714.